The Morgan fingerprint density at radius 3 is 2.44 bits per heavy atom. The van der Waals surface area contributed by atoms with Crippen LogP contribution in [0.4, 0.5) is 0 Å². The van der Waals surface area contributed by atoms with Gasteiger partial charge in [0.2, 0.25) is 5.91 Å². The molecule has 2 atom stereocenters. The average molecular weight is 459 g/mol. The SMILES string of the molecule is COc1ccc(OC)c([C@H]2CN(C(=O)c3ccc(Cl)cc3)C[C@@H]2C(=O)NCCC(C)C)c1. The van der Waals surface area contributed by atoms with Crippen LogP contribution in [0.2, 0.25) is 5.02 Å². The maximum Gasteiger partial charge on any atom is 0.253 e. The lowest BCUT2D eigenvalue weighted by atomic mass is 9.87. The second kappa shape index (κ2) is 10.7. The average Bonchev–Trinajstić information content (AvgIpc) is 3.23. The number of rotatable bonds is 8. The molecule has 1 aliphatic rings. The van der Waals surface area contributed by atoms with Crippen LogP contribution in [0.1, 0.15) is 42.1 Å². The van der Waals surface area contributed by atoms with Crippen molar-refractivity contribution < 1.29 is 19.1 Å². The minimum atomic E-state index is -0.389. The summed E-state index contributed by atoms with van der Waals surface area (Å²) < 4.78 is 11.0. The Morgan fingerprint density at radius 1 is 1.09 bits per heavy atom. The summed E-state index contributed by atoms with van der Waals surface area (Å²) >= 11 is 5.97. The third-order valence-electron chi connectivity index (χ3n) is 5.89. The number of likely N-dealkylation sites (tertiary alicyclic amines) is 1. The Balaban J connectivity index is 1.90. The second-order valence-electron chi connectivity index (χ2n) is 8.51. The maximum absolute atomic E-state index is 13.2. The van der Waals surface area contributed by atoms with Gasteiger partial charge in [0.05, 0.1) is 20.1 Å². The minimum absolute atomic E-state index is 0.0491. The first kappa shape index (κ1) is 23.9. The number of nitrogens with one attached hydrogen (secondary N) is 1. The summed E-state index contributed by atoms with van der Waals surface area (Å²) in [4.78, 5) is 28.1. The standard InChI is InChI=1S/C25H31ClN2O4/c1-16(2)11-12-27-24(29)22-15-28(25(30)17-5-7-18(26)8-6-17)14-21(22)20-13-19(31-3)9-10-23(20)32-4/h5-10,13,16,21-22H,11-12,14-15H2,1-4H3,(H,27,29)/t21-,22+/m1/s1. The number of halogens is 1. The van der Waals surface area contributed by atoms with Gasteiger partial charge in [-0.25, -0.2) is 0 Å². The molecule has 2 aromatic rings. The van der Waals surface area contributed by atoms with Gasteiger partial charge in [-0.1, -0.05) is 25.4 Å². The molecule has 0 spiro atoms. The first-order valence-corrected chi connectivity index (χ1v) is 11.3. The van der Waals surface area contributed by atoms with Crippen LogP contribution in [0.15, 0.2) is 42.5 Å². The molecular formula is C25H31ClN2O4. The van der Waals surface area contributed by atoms with E-state index in [9.17, 15) is 9.59 Å². The van der Waals surface area contributed by atoms with E-state index in [0.717, 1.165) is 12.0 Å². The molecule has 0 aliphatic carbocycles. The van der Waals surface area contributed by atoms with Gasteiger partial charge in [-0.15, -0.1) is 0 Å². The molecule has 1 aliphatic heterocycles. The molecule has 32 heavy (non-hydrogen) atoms. The molecule has 0 bridgehead atoms. The molecule has 1 heterocycles. The molecule has 2 aromatic carbocycles. The van der Waals surface area contributed by atoms with E-state index in [0.29, 0.717) is 47.6 Å². The van der Waals surface area contributed by atoms with Crippen molar-refractivity contribution in [1.82, 2.24) is 10.2 Å². The molecule has 3 rings (SSSR count). The number of ether oxygens (including phenoxy) is 2. The van der Waals surface area contributed by atoms with Crippen molar-refractivity contribution >= 4 is 23.4 Å². The number of carbonyl (C=O) groups excluding carboxylic acids is 2. The van der Waals surface area contributed by atoms with E-state index in [1.54, 1.807) is 43.4 Å². The smallest absolute Gasteiger partial charge is 0.253 e. The zero-order valence-corrected chi connectivity index (χ0v) is 19.8. The van der Waals surface area contributed by atoms with Crippen molar-refractivity contribution in [3.05, 3.63) is 58.6 Å². The predicted octanol–water partition coefficient (Wildman–Crippen LogP) is 4.38. The van der Waals surface area contributed by atoms with E-state index in [1.807, 2.05) is 18.2 Å². The van der Waals surface area contributed by atoms with Crippen molar-refractivity contribution in [3.8, 4) is 11.5 Å². The highest BCUT2D eigenvalue weighted by Crippen LogP contribution is 2.40. The van der Waals surface area contributed by atoms with Gasteiger partial charge in [-0.3, -0.25) is 9.59 Å². The Labute approximate surface area is 194 Å². The highest BCUT2D eigenvalue weighted by molar-refractivity contribution is 6.30. The Hall–Kier alpha value is -2.73. The number of amides is 2. The van der Waals surface area contributed by atoms with E-state index in [4.69, 9.17) is 21.1 Å². The van der Waals surface area contributed by atoms with Gasteiger partial charge >= 0.3 is 0 Å². The number of carbonyl (C=O) groups is 2. The molecule has 1 fully saturated rings. The molecule has 0 unspecified atom stereocenters. The topological polar surface area (TPSA) is 67.9 Å². The van der Waals surface area contributed by atoms with Crippen molar-refractivity contribution in [3.63, 3.8) is 0 Å². The normalized spacial score (nSPS) is 18.0. The van der Waals surface area contributed by atoms with Crippen LogP contribution in [-0.2, 0) is 4.79 Å². The van der Waals surface area contributed by atoms with Crippen LogP contribution < -0.4 is 14.8 Å². The monoisotopic (exact) mass is 458 g/mol. The van der Waals surface area contributed by atoms with Crippen LogP contribution in [-0.4, -0.2) is 50.6 Å². The van der Waals surface area contributed by atoms with Crippen LogP contribution in [0.5, 0.6) is 11.5 Å². The fourth-order valence-corrected chi connectivity index (χ4v) is 4.20. The summed E-state index contributed by atoms with van der Waals surface area (Å²) in [6, 6.07) is 12.4. The van der Waals surface area contributed by atoms with E-state index in [2.05, 4.69) is 19.2 Å². The zero-order chi connectivity index (χ0) is 23.3. The number of hydrogen-bond acceptors (Lipinski definition) is 4. The largest absolute Gasteiger partial charge is 0.497 e. The molecule has 1 N–H and O–H groups in total. The molecular weight excluding hydrogens is 428 g/mol. The molecule has 0 radical (unpaired) electrons. The van der Waals surface area contributed by atoms with Gasteiger partial charge in [0, 0.05) is 41.7 Å². The van der Waals surface area contributed by atoms with Crippen molar-refractivity contribution in [2.75, 3.05) is 33.9 Å². The van der Waals surface area contributed by atoms with Gasteiger partial charge in [-0.2, -0.15) is 0 Å². The zero-order valence-electron chi connectivity index (χ0n) is 19.1. The summed E-state index contributed by atoms with van der Waals surface area (Å²) in [6.07, 6.45) is 0.902. The van der Waals surface area contributed by atoms with Crippen LogP contribution in [0, 0.1) is 11.8 Å². The Kier molecular flexibility index (Phi) is 8.02. The summed E-state index contributed by atoms with van der Waals surface area (Å²) in [7, 11) is 3.21. The maximum atomic E-state index is 13.2. The third-order valence-corrected chi connectivity index (χ3v) is 6.14. The van der Waals surface area contributed by atoms with Gasteiger partial charge in [-0.05, 0) is 54.8 Å². The van der Waals surface area contributed by atoms with E-state index in [1.165, 1.54) is 0 Å². The van der Waals surface area contributed by atoms with Gasteiger partial charge in [0.25, 0.3) is 5.91 Å². The number of hydrogen-bond donors (Lipinski definition) is 1. The number of nitrogens with zero attached hydrogens (tertiary/aromatic N) is 1. The van der Waals surface area contributed by atoms with Crippen LogP contribution in [0.25, 0.3) is 0 Å². The van der Waals surface area contributed by atoms with Crippen molar-refractivity contribution in [2.24, 2.45) is 11.8 Å². The lowest BCUT2D eigenvalue weighted by Gasteiger charge is -2.21. The van der Waals surface area contributed by atoms with E-state index < -0.39 is 0 Å². The molecule has 2 amide bonds. The van der Waals surface area contributed by atoms with E-state index >= 15 is 0 Å². The fourth-order valence-electron chi connectivity index (χ4n) is 4.07. The molecule has 0 saturated carbocycles. The lowest BCUT2D eigenvalue weighted by Crippen LogP contribution is -2.36. The second-order valence-corrected chi connectivity index (χ2v) is 8.95. The van der Waals surface area contributed by atoms with Crippen LogP contribution >= 0.6 is 11.6 Å². The molecule has 0 aromatic heterocycles. The Bertz CT molecular complexity index is 945. The Morgan fingerprint density at radius 2 is 1.81 bits per heavy atom. The first-order valence-electron chi connectivity index (χ1n) is 10.9. The van der Waals surface area contributed by atoms with Crippen molar-refractivity contribution in [1.29, 1.82) is 0 Å². The van der Waals surface area contributed by atoms with Crippen LogP contribution in [0.3, 0.4) is 0 Å². The van der Waals surface area contributed by atoms with Gasteiger partial charge in [0.15, 0.2) is 0 Å². The van der Waals surface area contributed by atoms with Gasteiger partial charge in [0.1, 0.15) is 11.5 Å². The molecule has 1 saturated heterocycles. The third kappa shape index (κ3) is 5.54. The highest BCUT2D eigenvalue weighted by atomic mass is 35.5. The summed E-state index contributed by atoms with van der Waals surface area (Å²) in [5.41, 5.74) is 1.41. The summed E-state index contributed by atoms with van der Waals surface area (Å²) in [5, 5.41) is 3.64. The summed E-state index contributed by atoms with van der Waals surface area (Å²) in [6.45, 7) is 5.60. The predicted molar refractivity (Wildman–Crippen MR) is 126 cm³/mol. The summed E-state index contributed by atoms with van der Waals surface area (Å²) in [5.74, 6) is 1.09. The molecule has 172 valence electrons. The fraction of sp³-hybridized carbons (Fsp3) is 0.440. The number of benzene rings is 2. The first-order chi connectivity index (χ1) is 15.3. The van der Waals surface area contributed by atoms with Crippen molar-refractivity contribution in [2.45, 2.75) is 26.2 Å². The highest BCUT2D eigenvalue weighted by Gasteiger charge is 2.41. The molecule has 7 heteroatoms. The van der Waals surface area contributed by atoms with E-state index in [-0.39, 0.29) is 23.7 Å². The molecule has 6 nitrogen and oxygen atoms in total. The number of methoxy groups -OCH3 is 2. The van der Waals surface area contributed by atoms with Gasteiger partial charge < -0.3 is 19.7 Å². The minimum Gasteiger partial charge on any atom is -0.497 e. The quantitative estimate of drug-likeness (QED) is 0.637. The lowest BCUT2D eigenvalue weighted by molar-refractivity contribution is -0.124.